The van der Waals surface area contributed by atoms with Crippen LogP contribution in [-0.4, -0.2) is 64.2 Å². The van der Waals surface area contributed by atoms with Gasteiger partial charge in [0.15, 0.2) is 21.5 Å². The number of nitrogens with zero attached hydrogens (tertiary/aromatic N) is 2. The molecule has 11 heteroatoms. The average molecular weight is 403 g/mol. The third-order valence-electron chi connectivity index (χ3n) is 4.49. The van der Waals surface area contributed by atoms with E-state index < -0.39 is 33.6 Å². The molecular formula is C16H19F2N3O5S. The van der Waals surface area contributed by atoms with Gasteiger partial charge in [-0.15, -0.1) is 0 Å². The normalized spacial score (nSPS) is 21.9. The summed E-state index contributed by atoms with van der Waals surface area (Å²) in [6, 6.07) is 1.43. The number of sulfone groups is 1. The molecule has 0 radical (unpaired) electrons. The molecule has 2 aliphatic rings. The van der Waals surface area contributed by atoms with Crippen LogP contribution in [-0.2, 0) is 19.4 Å². The van der Waals surface area contributed by atoms with Gasteiger partial charge in [0.05, 0.1) is 23.2 Å². The predicted molar refractivity (Wildman–Crippen MR) is 93.5 cm³/mol. The maximum Gasteiger partial charge on any atom is 0.414 e. The molecule has 2 fully saturated rings. The second-order valence-electron chi connectivity index (χ2n) is 6.43. The van der Waals surface area contributed by atoms with Gasteiger partial charge in [0, 0.05) is 38.7 Å². The molecule has 0 saturated carbocycles. The zero-order valence-electron chi connectivity index (χ0n) is 14.6. The van der Waals surface area contributed by atoms with Gasteiger partial charge in [-0.05, 0) is 0 Å². The van der Waals surface area contributed by atoms with E-state index in [0.717, 1.165) is 17.0 Å². The van der Waals surface area contributed by atoms with E-state index in [-0.39, 0.29) is 55.0 Å². The first kappa shape index (κ1) is 19.3. The van der Waals surface area contributed by atoms with Gasteiger partial charge in [-0.2, -0.15) is 0 Å². The minimum atomic E-state index is -3.19. The molecule has 8 nitrogen and oxygen atoms in total. The van der Waals surface area contributed by atoms with E-state index in [1.807, 2.05) is 0 Å². The highest BCUT2D eigenvalue weighted by atomic mass is 32.2. The van der Waals surface area contributed by atoms with Gasteiger partial charge in [-0.1, -0.05) is 0 Å². The highest BCUT2D eigenvalue weighted by molar-refractivity contribution is 7.91. The number of hydrogen-bond acceptors (Lipinski definition) is 6. The largest absolute Gasteiger partial charge is 0.447 e. The maximum atomic E-state index is 14.6. The molecule has 148 valence electrons. The number of ether oxygens (including phenoxy) is 1. The minimum absolute atomic E-state index is 0.00751. The molecule has 0 aliphatic carbocycles. The summed E-state index contributed by atoms with van der Waals surface area (Å²) in [5.74, 6) is -2.46. The number of hydrogen-bond donors (Lipinski definition) is 1. The van der Waals surface area contributed by atoms with Crippen molar-refractivity contribution in [2.24, 2.45) is 0 Å². The first-order chi connectivity index (χ1) is 12.7. The lowest BCUT2D eigenvalue weighted by Gasteiger charge is -2.30. The summed E-state index contributed by atoms with van der Waals surface area (Å²) in [6.07, 6.45) is -0.763. The van der Waals surface area contributed by atoms with E-state index in [1.54, 1.807) is 0 Å². The maximum absolute atomic E-state index is 14.6. The lowest BCUT2D eigenvalue weighted by Crippen LogP contribution is -2.43. The van der Waals surface area contributed by atoms with Crippen molar-refractivity contribution in [3.8, 4) is 0 Å². The van der Waals surface area contributed by atoms with Crippen molar-refractivity contribution in [1.29, 1.82) is 0 Å². The van der Waals surface area contributed by atoms with E-state index in [1.165, 1.54) is 11.8 Å². The number of nitrogens with one attached hydrogen (secondary N) is 1. The summed E-state index contributed by atoms with van der Waals surface area (Å²) >= 11 is 0. The molecule has 2 saturated heterocycles. The number of carbonyl (C=O) groups excluding carboxylic acids is 2. The van der Waals surface area contributed by atoms with Crippen LogP contribution in [0.15, 0.2) is 12.1 Å². The fraction of sp³-hybridized carbons (Fsp3) is 0.500. The van der Waals surface area contributed by atoms with Crippen LogP contribution in [0.3, 0.4) is 0 Å². The van der Waals surface area contributed by atoms with Gasteiger partial charge in [-0.3, -0.25) is 9.69 Å². The number of benzene rings is 1. The van der Waals surface area contributed by atoms with E-state index in [2.05, 4.69) is 5.32 Å². The third-order valence-corrected chi connectivity index (χ3v) is 6.10. The highest BCUT2D eigenvalue weighted by Gasteiger charge is 2.36. The molecule has 0 spiro atoms. The molecular weight excluding hydrogens is 384 g/mol. The van der Waals surface area contributed by atoms with Crippen molar-refractivity contribution >= 4 is 33.2 Å². The fourth-order valence-corrected chi connectivity index (χ4v) is 4.32. The first-order valence-electron chi connectivity index (χ1n) is 8.33. The summed E-state index contributed by atoms with van der Waals surface area (Å²) in [5, 5.41) is 2.54. The van der Waals surface area contributed by atoms with Crippen LogP contribution in [0.5, 0.6) is 0 Å². The molecule has 1 N–H and O–H groups in total. The Bertz CT molecular complexity index is 840. The summed E-state index contributed by atoms with van der Waals surface area (Å²) in [6.45, 7) is 1.36. The third kappa shape index (κ3) is 4.12. The Hall–Kier alpha value is -2.43. The molecule has 2 heterocycles. The summed E-state index contributed by atoms with van der Waals surface area (Å²) < 4.78 is 57.2. The molecule has 2 aliphatic heterocycles. The summed E-state index contributed by atoms with van der Waals surface area (Å²) in [5.41, 5.74) is -0.351. The standard InChI is InChI=1S/C16H19F2N3O5S/c1-10(22)19-8-12-9-26-16(23)21(12)11-6-13(17)15(14(18)7-11)20-2-4-27(24,25)5-3-20/h6-7,12H,2-5,8-9H2,1H3,(H,19,22). The van der Waals surface area contributed by atoms with Gasteiger partial charge >= 0.3 is 6.09 Å². The van der Waals surface area contributed by atoms with E-state index in [9.17, 15) is 26.8 Å². The van der Waals surface area contributed by atoms with Crippen LogP contribution in [0.25, 0.3) is 0 Å². The Morgan fingerprint density at radius 2 is 1.85 bits per heavy atom. The smallest absolute Gasteiger partial charge is 0.414 e. The number of amides is 2. The number of anilines is 2. The highest BCUT2D eigenvalue weighted by Crippen LogP contribution is 2.32. The van der Waals surface area contributed by atoms with Crippen molar-refractivity contribution in [1.82, 2.24) is 5.32 Å². The molecule has 1 aromatic rings. The Kier molecular flexibility index (Phi) is 5.22. The summed E-state index contributed by atoms with van der Waals surface area (Å²) in [7, 11) is -3.19. The van der Waals surface area contributed by atoms with Crippen LogP contribution in [0, 0.1) is 11.6 Å². The quantitative estimate of drug-likeness (QED) is 0.794. The van der Waals surface area contributed by atoms with Crippen LogP contribution < -0.4 is 15.1 Å². The summed E-state index contributed by atoms with van der Waals surface area (Å²) in [4.78, 5) is 25.5. The second kappa shape index (κ2) is 7.29. The molecule has 2 amide bonds. The van der Waals surface area contributed by atoms with Crippen molar-refractivity contribution in [3.63, 3.8) is 0 Å². The van der Waals surface area contributed by atoms with Crippen molar-refractivity contribution in [2.75, 3.05) is 47.5 Å². The predicted octanol–water partition coefficient (Wildman–Crippen LogP) is 0.661. The van der Waals surface area contributed by atoms with Crippen LogP contribution in [0.1, 0.15) is 6.92 Å². The Labute approximate surface area is 155 Å². The average Bonchev–Trinajstić information content (AvgIpc) is 2.94. The number of rotatable bonds is 4. The second-order valence-corrected chi connectivity index (χ2v) is 8.74. The van der Waals surface area contributed by atoms with Crippen LogP contribution >= 0.6 is 0 Å². The number of cyclic esters (lactones) is 1. The van der Waals surface area contributed by atoms with Gasteiger partial charge in [-0.25, -0.2) is 22.0 Å². The molecule has 1 aromatic carbocycles. The molecule has 27 heavy (non-hydrogen) atoms. The van der Waals surface area contributed by atoms with Gasteiger partial charge in [0.25, 0.3) is 0 Å². The number of halogens is 2. The lowest BCUT2D eigenvalue weighted by molar-refractivity contribution is -0.119. The van der Waals surface area contributed by atoms with Crippen LogP contribution in [0.4, 0.5) is 25.0 Å². The van der Waals surface area contributed by atoms with Gasteiger partial charge in [0.1, 0.15) is 12.3 Å². The van der Waals surface area contributed by atoms with Crippen molar-refractivity contribution < 1.29 is 31.5 Å². The molecule has 0 bridgehead atoms. The Balaban J connectivity index is 1.85. The molecule has 0 aromatic heterocycles. The van der Waals surface area contributed by atoms with Gasteiger partial charge in [0.2, 0.25) is 5.91 Å². The fourth-order valence-electron chi connectivity index (χ4n) is 3.12. The molecule has 1 atom stereocenters. The van der Waals surface area contributed by atoms with E-state index in [4.69, 9.17) is 4.74 Å². The van der Waals surface area contributed by atoms with E-state index in [0.29, 0.717) is 0 Å². The Morgan fingerprint density at radius 1 is 1.26 bits per heavy atom. The van der Waals surface area contributed by atoms with Crippen molar-refractivity contribution in [2.45, 2.75) is 13.0 Å². The monoisotopic (exact) mass is 403 g/mol. The van der Waals surface area contributed by atoms with Crippen molar-refractivity contribution in [3.05, 3.63) is 23.8 Å². The first-order valence-corrected chi connectivity index (χ1v) is 10.1. The zero-order chi connectivity index (χ0) is 19.8. The van der Waals surface area contributed by atoms with E-state index >= 15 is 0 Å². The topological polar surface area (TPSA) is 96.0 Å². The van der Waals surface area contributed by atoms with Gasteiger partial charge < -0.3 is 15.0 Å². The molecule has 3 rings (SSSR count). The lowest BCUT2D eigenvalue weighted by atomic mass is 10.2. The number of carbonyl (C=O) groups is 2. The SMILES string of the molecule is CC(=O)NCC1COC(=O)N1c1cc(F)c(N2CCS(=O)(=O)CC2)c(F)c1. The van der Waals surface area contributed by atoms with Crippen LogP contribution in [0.2, 0.25) is 0 Å². The zero-order valence-corrected chi connectivity index (χ0v) is 15.4. The molecule has 1 unspecified atom stereocenters. The minimum Gasteiger partial charge on any atom is -0.447 e. The Morgan fingerprint density at radius 3 is 2.41 bits per heavy atom.